The summed E-state index contributed by atoms with van der Waals surface area (Å²) in [5, 5.41) is 3.13. The van der Waals surface area contributed by atoms with E-state index in [1.165, 1.54) is 18.5 Å². The van der Waals surface area contributed by atoms with E-state index in [-0.39, 0.29) is 29.2 Å². The van der Waals surface area contributed by atoms with Gasteiger partial charge in [0.25, 0.3) is 0 Å². The average molecular weight is 567 g/mol. The third kappa shape index (κ3) is 4.54. The number of aliphatic imine (C=N–C) groups is 1. The number of likely N-dealkylation sites (N-methyl/N-ethyl adjacent to an activating group) is 1. The van der Waals surface area contributed by atoms with Crippen LogP contribution in [0.15, 0.2) is 72.2 Å². The summed E-state index contributed by atoms with van der Waals surface area (Å²) in [6, 6.07) is 7.07. The van der Waals surface area contributed by atoms with Crippen LogP contribution in [0.3, 0.4) is 0 Å². The minimum Gasteiger partial charge on any atom is -0.457 e. The molecule has 1 aromatic carbocycles. The molecule has 42 heavy (non-hydrogen) atoms. The van der Waals surface area contributed by atoms with Gasteiger partial charge in [0.15, 0.2) is 5.82 Å². The van der Waals surface area contributed by atoms with Gasteiger partial charge in [0.05, 0.1) is 35.2 Å². The Balaban J connectivity index is 1.12. The Morgan fingerprint density at radius 3 is 2.90 bits per heavy atom. The first-order valence-corrected chi connectivity index (χ1v) is 14.0. The maximum absolute atomic E-state index is 15.4. The Labute approximate surface area is 242 Å². The third-order valence-corrected chi connectivity index (χ3v) is 8.49. The van der Waals surface area contributed by atoms with Gasteiger partial charge in [0.1, 0.15) is 35.0 Å². The Bertz CT molecular complexity index is 1700. The van der Waals surface area contributed by atoms with E-state index >= 15 is 4.39 Å². The van der Waals surface area contributed by atoms with Crippen molar-refractivity contribution < 1.29 is 13.9 Å². The molecule has 0 radical (unpaired) electrons. The van der Waals surface area contributed by atoms with Crippen molar-refractivity contribution in [2.24, 2.45) is 4.99 Å². The number of amides is 1. The van der Waals surface area contributed by atoms with Crippen LogP contribution in [0.1, 0.15) is 18.4 Å². The van der Waals surface area contributed by atoms with E-state index < -0.39 is 5.82 Å². The average Bonchev–Trinajstić information content (AvgIpc) is 3.66. The quantitative estimate of drug-likeness (QED) is 0.445. The molecule has 2 fully saturated rings. The molecule has 4 heterocycles. The molecule has 1 saturated carbocycles. The fourth-order valence-corrected chi connectivity index (χ4v) is 5.99. The molecule has 1 spiro atoms. The second kappa shape index (κ2) is 9.93. The molecule has 3 aromatic rings. The lowest BCUT2D eigenvalue weighted by Crippen LogP contribution is -2.57. The highest BCUT2D eigenvalue weighted by molar-refractivity contribution is 5.89. The topological polar surface area (TPSA) is 99.1 Å². The molecule has 1 amide bonds. The molecule has 0 bridgehead atoms. The fourth-order valence-electron chi connectivity index (χ4n) is 5.99. The molecule has 2 atom stereocenters. The van der Waals surface area contributed by atoms with Crippen LogP contribution < -0.4 is 15.0 Å². The number of allylic oxidation sites excluding steroid dienone is 1. The van der Waals surface area contributed by atoms with Gasteiger partial charge in [-0.15, -0.1) is 0 Å². The molecular weight excluding hydrogens is 535 g/mol. The number of benzene rings is 1. The van der Waals surface area contributed by atoms with Crippen LogP contribution in [0, 0.1) is 12.7 Å². The minimum absolute atomic E-state index is 0.0159. The third-order valence-electron chi connectivity index (χ3n) is 8.49. The van der Waals surface area contributed by atoms with Gasteiger partial charge in [-0.1, -0.05) is 12.7 Å². The van der Waals surface area contributed by atoms with Crippen molar-refractivity contribution in [2.75, 3.05) is 36.9 Å². The van der Waals surface area contributed by atoms with E-state index in [1.807, 2.05) is 60.5 Å². The van der Waals surface area contributed by atoms with E-state index in [2.05, 4.69) is 31.8 Å². The van der Waals surface area contributed by atoms with Crippen LogP contribution in [-0.2, 0) is 4.79 Å². The van der Waals surface area contributed by atoms with E-state index in [9.17, 15) is 4.79 Å². The van der Waals surface area contributed by atoms with Gasteiger partial charge in [-0.25, -0.2) is 19.3 Å². The normalized spacial score (nSPS) is 21.9. The van der Waals surface area contributed by atoms with Crippen LogP contribution >= 0.6 is 0 Å². The van der Waals surface area contributed by atoms with Crippen molar-refractivity contribution >= 4 is 40.6 Å². The van der Waals surface area contributed by atoms with E-state index in [1.54, 1.807) is 6.07 Å². The Morgan fingerprint density at radius 1 is 1.24 bits per heavy atom. The molecule has 11 heteroatoms. The first kappa shape index (κ1) is 26.1. The maximum atomic E-state index is 15.4. The van der Waals surface area contributed by atoms with E-state index in [4.69, 9.17) is 9.72 Å². The van der Waals surface area contributed by atoms with Crippen LogP contribution in [0.4, 0.5) is 21.7 Å². The molecule has 1 saturated heterocycles. The second-order valence-corrected chi connectivity index (χ2v) is 11.3. The van der Waals surface area contributed by atoms with Crippen LogP contribution in [0.5, 0.6) is 5.75 Å². The molecule has 10 nitrogen and oxygen atoms in total. The molecule has 1 N–H and O–H groups in total. The van der Waals surface area contributed by atoms with Gasteiger partial charge >= 0.3 is 0 Å². The molecule has 214 valence electrons. The number of aryl methyl sites for hydroxylation is 1. The fraction of sp³-hybridized carbons (Fsp3) is 0.323. The second-order valence-electron chi connectivity index (χ2n) is 11.3. The summed E-state index contributed by atoms with van der Waals surface area (Å²) in [6.45, 7) is 7.49. The van der Waals surface area contributed by atoms with Gasteiger partial charge in [-0.2, -0.15) is 0 Å². The summed E-state index contributed by atoms with van der Waals surface area (Å²) in [7, 11) is 1.98. The lowest BCUT2D eigenvalue weighted by atomic mass is 10.0. The smallest absolute Gasteiger partial charge is 0.246 e. The molecule has 2 aliphatic carbocycles. The van der Waals surface area contributed by atoms with Gasteiger partial charge in [0.2, 0.25) is 5.91 Å². The highest BCUT2D eigenvalue weighted by Gasteiger charge is 2.52. The van der Waals surface area contributed by atoms with Crippen molar-refractivity contribution in [1.82, 2.24) is 24.8 Å². The maximum Gasteiger partial charge on any atom is 0.246 e. The van der Waals surface area contributed by atoms with E-state index in [0.717, 1.165) is 24.2 Å². The summed E-state index contributed by atoms with van der Waals surface area (Å²) in [6.07, 6.45) is 12.5. The lowest BCUT2D eigenvalue weighted by Gasteiger charge is -2.42. The predicted octanol–water partition coefficient (Wildman–Crippen LogP) is 4.13. The molecule has 2 aromatic heterocycles. The Morgan fingerprint density at radius 2 is 2.10 bits per heavy atom. The number of hydrogen-bond donors (Lipinski definition) is 1. The van der Waals surface area contributed by atoms with Crippen molar-refractivity contribution in [1.29, 1.82) is 0 Å². The zero-order valence-electron chi connectivity index (χ0n) is 23.5. The summed E-state index contributed by atoms with van der Waals surface area (Å²) < 4.78 is 21.5. The number of halogens is 1. The van der Waals surface area contributed by atoms with Crippen molar-refractivity contribution in [2.45, 2.75) is 37.4 Å². The van der Waals surface area contributed by atoms with Crippen molar-refractivity contribution in [3.8, 4) is 5.75 Å². The molecule has 2 aliphatic heterocycles. The lowest BCUT2D eigenvalue weighted by molar-refractivity contribution is -0.129. The minimum atomic E-state index is -0.478. The number of ether oxygens (including phenoxy) is 1. The van der Waals surface area contributed by atoms with E-state index in [0.29, 0.717) is 48.0 Å². The standard InChI is InChI=1S/C31H31FN8O2/c1-4-28(41)40-12-11-39(16-31(40)9-10-31)27-8-6-22-29(37-27)30(34-17-33-22)36-23-13-19(2)26(15-21(23)32)42-20-5-7-25-24(14-20)35-18-38(25)3/h4-8,13-15,17-18,24-25H,1,9-12,16H2,2-3H3,(H,33,34,36). The number of pyridine rings is 1. The Kier molecular flexibility index (Phi) is 6.18. The predicted molar refractivity (Wildman–Crippen MR) is 160 cm³/mol. The number of anilines is 3. The first-order valence-electron chi connectivity index (χ1n) is 14.0. The zero-order chi connectivity index (χ0) is 29.0. The summed E-state index contributed by atoms with van der Waals surface area (Å²) in [5.74, 6) is 1.73. The molecule has 4 aliphatic rings. The van der Waals surface area contributed by atoms with Crippen molar-refractivity contribution in [3.63, 3.8) is 0 Å². The van der Waals surface area contributed by atoms with Gasteiger partial charge in [-0.05, 0) is 61.8 Å². The zero-order valence-corrected chi connectivity index (χ0v) is 23.5. The summed E-state index contributed by atoms with van der Waals surface area (Å²) in [5.41, 5.74) is 2.04. The Hall–Kier alpha value is -4.80. The number of piperazine rings is 1. The number of nitrogens with one attached hydrogen (secondary N) is 1. The summed E-state index contributed by atoms with van der Waals surface area (Å²) in [4.78, 5) is 36.7. The van der Waals surface area contributed by atoms with Crippen LogP contribution in [0.25, 0.3) is 11.0 Å². The van der Waals surface area contributed by atoms with Gasteiger partial charge < -0.3 is 24.8 Å². The first-order chi connectivity index (χ1) is 20.3. The number of fused-ring (bicyclic) bond motifs is 2. The molecular formula is C31H31FN8O2. The van der Waals surface area contributed by atoms with Crippen LogP contribution in [0.2, 0.25) is 0 Å². The number of carbonyl (C=O) groups excluding carboxylic acids is 1. The number of hydrogen-bond acceptors (Lipinski definition) is 9. The molecule has 7 rings (SSSR count). The molecule has 2 unspecified atom stereocenters. The largest absolute Gasteiger partial charge is 0.457 e. The highest BCUT2D eigenvalue weighted by atomic mass is 19.1. The van der Waals surface area contributed by atoms with Gasteiger partial charge in [0, 0.05) is 32.7 Å². The van der Waals surface area contributed by atoms with Gasteiger partial charge in [-0.3, -0.25) is 9.79 Å². The van der Waals surface area contributed by atoms with Crippen LogP contribution in [-0.4, -0.2) is 81.3 Å². The SMILES string of the molecule is C=CC(=O)N1CCN(c2ccc3ncnc(Nc4cc(C)c(OC5=CC6N=CN(C)C6C=C5)cc4F)c3n2)CC12CC2. The highest BCUT2D eigenvalue weighted by Crippen LogP contribution is 2.45. The number of rotatable bonds is 6. The van der Waals surface area contributed by atoms with Crippen molar-refractivity contribution in [3.05, 3.63) is 78.6 Å². The summed E-state index contributed by atoms with van der Waals surface area (Å²) >= 11 is 0. The number of aromatic nitrogens is 3. The number of carbonyl (C=O) groups is 1. The monoisotopic (exact) mass is 566 g/mol. The number of nitrogens with zero attached hydrogens (tertiary/aromatic N) is 7.